The van der Waals surface area contributed by atoms with Crippen molar-refractivity contribution in [3.05, 3.63) is 108 Å². The summed E-state index contributed by atoms with van der Waals surface area (Å²) in [6.45, 7) is 6.22. The van der Waals surface area contributed by atoms with Crippen molar-refractivity contribution in [1.82, 2.24) is 10.2 Å². The van der Waals surface area contributed by atoms with E-state index in [9.17, 15) is 0 Å². The maximum atomic E-state index is 6.84. The summed E-state index contributed by atoms with van der Waals surface area (Å²) in [5, 5.41) is 3.42. The lowest BCUT2D eigenvalue weighted by atomic mass is 9.80. The standard InChI is InChI=1S/C26H30N2O/c1-4-11-23(12-5-1)26(24-13-6-2-7-14-24,25-15-8-3-9-16-25)29-22-10-19-28-20-17-27-18-21-28/h1-9,11-16,27H,10,17-22H2. The van der Waals surface area contributed by atoms with Crippen LogP contribution >= 0.6 is 0 Å². The van der Waals surface area contributed by atoms with Crippen LogP contribution in [0.5, 0.6) is 0 Å². The molecule has 1 aliphatic heterocycles. The number of nitrogens with zero attached hydrogens (tertiary/aromatic N) is 1. The number of ether oxygens (including phenoxy) is 1. The Morgan fingerprint density at radius 2 is 1.14 bits per heavy atom. The highest BCUT2D eigenvalue weighted by atomic mass is 16.5. The van der Waals surface area contributed by atoms with Crippen LogP contribution in [0.1, 0.15) is 23.1 Å². The van der Waals surface area contributed by atoms with Gasteiger partial charge in [-0.25, -0.2) is 0 Å². The van der Waals surface area contributed by atoms with Gasteiger partial charge in [0.05, 0.1) is 0 Å². The highest BCUT2D eigenvalue weighted by molar-refractivity contribution is 5.47. The van der Waals surface area contributed by atoms with Crippen molar-refractivity contribution in [2.75, 3.05) is 39.3 Å². The van der Waals surface area contributed by atoms with E-state index in [4.69, 9.17) is 4.74 Å². The maximum absolute atomic E-state index is 6.84. The van der Waals surface area contributed by atoms with E-state index in [-0.39, 0.29) is 0 Å². The van der Waals surface area contributed by atoms with Gasteiger partial charge in [-0.05, 0) is 23.1 Å². The third kappa shape index (κ3) is 4.59. The average molecular weight is 387 g/mol. The second-order valence-electron chi connectivity index (χ2n) is 7.57. The lowest BCUT2D eigenvalue weighted by Crippen LogP contribution is -2.44. The van der Waals surface area contributed by atoms with Crippen molar-refractivity contribution in [2.45, 2.75) is 12.0 Å². The second kappa shape index (κ2) is 9.84. The highest BCUT2D eigenvalue weighted by Crippen LogP contribution is 2.40. The number of nitrogens with one attached hydrogen (secondary N) is 1. The zero-order chi connectivity index (χ0) is 19.8. The van der Waals surface area contributed by atoms with E-state index in [0.29, 0.717) is 6.61 Å². The van der Waals surface area contributed by atoms with Crippen molar-refractivity contribution in [3.8, 4) is 0 Å². The molecule has 0 radical (unpaired) electrons. The molecular weight excluding hydrogens is 356 g/mol. The molecule has 0 aliphatic carbocycles. The van der Waals surface area contributed by atoms with Crippen molar-refractivity contribution >= 4 is 0 Å². The molecule has 150 valence electrons. The second-order valence-corrected chi connectivity index (χ2v) is 7.57. The Kier molecular flexibility index (Phi) is 6.73. The smallest absolute Gasteiger partial charge is 0.143 e. The summed E-state index contributed by atoms with van der Waals surface area (Å²) in [7, 11) is 0. The predicted octanol–water partition coefficient (Wildman–Crippen LogP) is 4.29. The molecule has 0 atom stereocenters. The van der Waals surface area contributed by atoms with Gasteiger partial charge in [0.25, 0.3) is 0 Å². The Labute approximate surface area is 174 Å². The van der Waals surface area contributed by atoms with E-state index in [1.165, 1.54) is 16.7 Å². The van der Waals surface area contributed by atoms with Gasteiger partial charge >= 0.3 is 0 Å². The van der Waals surface area contributed by atoms with Crippen LogP contribution in [0.3, 0.4) is 0 Å². The Morgan fingerprint density at radius 1 is 0.690 bits per heavy atom. The molecule has 29 heavy (non-hydrogen) atoms. The SMILES string of the molecule is c1ccc(C(OCCCN2CCNCC2)(c2ccccc2)c2ccccc2)cc1. The molecular formula is C26H30N2O. The fourth-order valence-corrected chi connectivity index (χ4v) is 4.22. The van der Waals surface area contributed by atoms with Gasteiger partial charge in [-0.3, -0.25) is 0 Å². The first-order valence-corrected chi connectivity index (χ1v) is 10.6. The van der Waals surface area contributed by atoms with Gasteiger partial charge in [0.2, 0.25) is 0 Å². The van der Waals surface area contributed by atoms with Crippen LogP contribution in [0.4, 0.5) is 0 Å². The Morgan fingerprint density at radius 3 is 1.59 bits per heavy atom. The minimum atomic E-state index is -0.604. The van der Waals surface area contributed by atoms with E-state index >= 15 is 0 Å². The summed E-state index contributed by atoms with van der Waals surface area (Å²) in [4.78, 5) is 2.52. The third-order valence-corrected chi connectivity index (χ3v) is 5.69. The van der Waals surface area contributed by atoms with Crippen LogP contribution < -0.4 is 5.32 Å². The Bertz CT molecular complexity index is 749. The van der Waals surface area contributed by atoms with Gasteiger partial charge < -0.3 is 15.0 Å². The molecule has 3 aromatic carbocycles. The van der Waals surface area contributed by atoms with E-state index in [1.807, 2.05) is 0 Å². The molecule has 0 aromatic heterocycles. The Balaban J connectivity index is 1.64. The molecule has 4 rings (SSSR count). The largest absolute Gasteiger partial charge is 0.361 e. The molecule has 0 unspecified atom stereocenters. The summed E-state index contributed by atoms with van der Waals surface area (Å²) in [6, 6.07) is 31.8. The van der Waals surface area contributed by atoms with Crippen molar-refractivity contribution in [2.24, 2.45) is 0 Å². The van der Waals surface area contributed by atoms with Crippen LogP contribution in [-0.4, -0.2) is 44.2 Å². The lowest BCUT2D eigenvalue weighted by Gasteiger charge is -2.36. The fraction of sp³-hybridized carbons (Fsp3) is 0.308. The first-order chi connectivity index (χ1) is 14.4. The number of hydrogen-bond acceptors (Lipinski definition) is 3. The van der Waals surface area contributed by atoms with E-state index in [2.05, 4.69) is 101 Å². The molecule has 1 N–H and O–H groups in total. The fourth-order valence-electron chi connectivity index (χ4n) is 4.22. The summed E-state index contributed by atoms with van der Waals surface area (Å²) in [6.07, 6.45) is 1.02. The van der Waals surface area contributed by atoms with E-state index in [0.717, 1.165) is 39.1 Å². The van der Waals surface area contributed by atoms with Crippen LogP contribution in [0.15, 0.2) is 91.0 Å². The van der Waals surface area contributed by atoms with Gasteiger partial charge in [0.15, 0.2) is 0 Å². The van der Waals surface area contributed by atoms with Gasteiger partial charge in [-0.15, -0.1) is 0 Å². The van der Waals surface area contributed by atoms with Gasteiger partial charge in [-0.2, -0.15) is 0 Å². The number of rotatable bonds is 8. The minimum Gasteiger partial charge on any atom is -0.361 e. The Hall–Kier alpha value is -2.46. The van der Waals surface area contributed by atoms with Crippen molar-refractivity contribution < 1.29 is 4.74 Å². The van der Waals surface area contributed by atoms with Crippen LogP contribution in [0.2, 0.25) is 0 Å². The molecule has 0 amide bonds. The number of piperazine rings is 1. The molecule has 0 saturated carbocycles. The minimum absolute atomic E-state index is 0.604. The van der Waals surface area contributed by atoms with Gasteiger partial charge in [0, 0.05) is 39.3 Å². The third-order valence-electron chi connectivity index (χ3n) is 5.69. The molecule has 1 aliphatic rings. The zero-order valence-corrected chi connectivity index (χ0v) is 17.0. The first kappa shape index (κ1) is 19.8. The summed E-state index contributed by atoms with van der Waals surface area (Å²) < 4.78 is 6.84. The number of hydrogen-bond donors (Lipinski definition) is 1. The summed E-state index contributed by atoms with van der Waals surface area (Å²) in [5.41, 5.74) is 2.89. The zero-order valence-electron chi connectivity index (χ0n) is 17.0. The monoisotopic (exact) mass is 386 g/mol. The maximum Gasteiger partial charge on any atom is 0.143 e. The van der Waals surface area contributed by atoms with Crippen LogP contribution in [-0.2, 0) is 10.3 Å². The van der Waals surface area contributed by atoms with Crippen molar-refractivity contribution in [1.29, 1.82) is 0 Å². The van der Waals surface area contributed by atoms with Gasteiger partial charge in [0.1, 0.15) is 5.60 Å². The van der Waals surface area contributed by atoms with Gasteiger partial charge in [-0.1, -0.05) is 91.0 Å². The summed E-state index contributed by atoms with van der Waals surface area (Å²) >= 11 is 0. The topological polar surface area (TPSA) is 24.5 Å². The molecule has 3 heteroatoms. The quantitative estimate of drug-likeness (QED) is 0.462. The highest BCUT2D eigenvalue weighted by Gasteiger charge is 2.37. The molecule has 0 spiro atoms. The molecule has 1 saturated heterocycles. The normalized spacial score (nSPS) is 15.3. The molecule has 3 aromatic rings. The lowest BCUT2D eigenvalue weighted by molar-refractivity contribution is 0.00767. The first-order valence-electron chi connectivity index (χ1n) is 10.6. The average Bonchev–Trinajstić information content (AvgIpc) is 2.82. The van der Waals surface area contributed by atoms with E-state index in [1.54, 1.807) is 0 Å². The summed E-state index contributed by atoms with van der Waals surface area (Å²) in [5.74, 6) is 0. The molecule has 0 bridgehead atoms. The van der Waals surface area contributed by atoms with Crippen LogP contribution in [0.25, 0.3) is 0 Å². The molecule has 3 nitrogen and oxygen atoms in total. The number of benzene rings is 3. The van der Waals surface area contributed by atoms with Crippen molar-refractivity contribution in [3.63, 3.8) is 0 Å². The van der Waals surface area contributed by atoms with E-state index < -0.39 is 5.60 Å². The van der Waals surface area contributed by atoms with Crippen LogP contribution in [0, 0.1) is 0 Å². The predicted molar refractivity (Wildman–Crippen MR) is 119 cm³/mol. The molecule has 1 heterocycles. The molecule has 1 fully saturated rings.